The third-order valence-corrected chi connectivity index (χ3v) is 6.80. The predicted molar refractivity (Wildman–Crippen MR) is 118 cm³/mol. The number of hydrogen-bond acceptors (Lipinski definition) is 7. The van der Waals surface area contributed by atoms with Gasteiger partial charge in [0.2, 0.25) is 9.84 Å². The standard InChI is InChI=1S/C23H17F6N3O4S/c1-13(33)2-3-15-10-16(21(34,22(24,25)26)23(27,28)29)11-32-20(15)14-4-6-17(7-5-14)37(35,36)18-8-9-19(30)31-12-18/h4-13,33-34H,1H3,(H2,30,31)/t13-/m0/s1. The number of aliphatic hydroxyl groups is 2. The molecule has 3 aromatic rings. The van der Waals surface area contributed by atoms with E-state index in [1.54, 1.807) is 0 Å². The van der Waals surface area contributed by atoms with Gasteiger partial charge in [0.15, 0.2) is 0 Å². The van der Waals surface area contributed by atoms with Crippen molar-refractivity contribution in [2.75, 3.05) is 5.73 Å². The van der Waals surface area contributed by atoms with Crippen LogP contribution in [0.15, 0.2) is 64.6 Å². The molecule has 4 N–H and O–H groups in total. The van der Waals surface area contributed by atoms with E-state index in [1.165, 1.54) is 31.2 Å². The molecule has 37 heavy (non-hydrogen) atoms. The molecule has 2 heterocycles. The lowest BCUT2D eigenvalue weighted by atomic mass is 9.91. The number of pyridine rings is 2. The van der Waals surface area contributed by atoms with Gasteiger partial charge in [-0.15, -0.1) is 0 Å². The maximum Gasteiger partial charge on any atom is 0.430 e. The number of aromatic nitrogens is 2. The van der Waals surface area contributed by atoms with Crippen LogP contribution in [0.4, 0.5) is 32.2 Å². The number of alkyl halides is 6. The van der Waals surface area contributed by atoms with E-state index in [-0.39, 0.29) is 33.1 Å². The number of benzene rings is 1. The molecule has 2 aromatic heterocycles. The average molecular weight is 545 g/mol. The first-order valence-electron chi connectivity index (χ1n) is 10.1. The number of anilines is 1. The van der Waals surface area contributed by atoms with E-state index >= 15 is 0 Å². The molecule has 0 saturated heterocycles. The molecule has 0 aliphatic carbocycles. The van der Waals surface area contributed by atoms with E-state index < -0.39 is 45.0 Å². The van der Waals surface area contributed by atoms with Gasteiger partial charge in [-0.05, 0) is 37.3 Å². The van der Waals surface area contributed by atoms with Gasteiger partial charge in [0.05, 0.1) is 21.0 Å². The van der Waals surface area contributed by atoms with E-state index in [1.807, 2.05) is 0 Å². The van der Waals surface area contributed by atoms with E-state index in [4.69, 9.17) is 5.73 Å². The monoisotopic (exact) mass is 545 g/mol. The summed E-state index contributed by atoms with van der Waals surface area (Å²) in [5.74, 6) is 4.55. The molecule has 14 heteroatoms. The summed E-state index contributed by atoms with van der Waals surface area (Å²) in [7, 11) is -4.03. The van der Waals surface area contributed by atoms with Crippen LogP contribution in [0.2, 0.25) is 0 Å². The number of nitrogens with two attached hydrogens (primary N) is 1. The molecule has 0 radical (unpaired) electrons. The van der Waals surface area contributed by atoms with Gasteiger partial charge in [0.1, 0.15) is 11.9 Å². The van der Waals surface area contributed by atoms with Gasteiger partial charge in [-0.3, -0.25) is 4.98 Å². The lowest BCUT2D eigenvalue weighted by Crippen LogP contribution is -2.54. The molecule has 7 nitrogen and oxygen atoms in total. The highest BCUT2D eigenvalue weighted by atomic mass is 32.2. The van der Waals surface area contributed by atoms with Crippen LogP contribution in [0.25, 0.3) is 11.3 Å². The van der Waals surface area contributed by atoms with Gasteiger partial charge in [-0.2, -0.15) is 26.3 Å². The second kappa shape index (κ2) is 9.66. The van der Waals surface area contributed by atoms with E-state index in [0.29, 0.717) is 6.07 Å². The Labute approximate surface area is 206 Å². The normalized spacial score (nSPS) is 13.5. The zero-order valence-corrected chi connectivity index (χ0v) is 19.4. The molecule has 0 aliphatic heterocycles. The summed E-state index contributed by atoms with van der Waals surface area (Å²) in [5.41, 5.74) is -2.04. The summed E-state index contributed by atoms with van der Waals surface area (Å²) < 4.78 is 106. The first-order chi connectivity index (χ1) is 17.0. The second-order valence-corrected chi connectivity index (χ2v) is 9.67. The fourth-order valence-electron chi connectivity index (χ4n) is 3.14. The van der Waals surface area contributed by atoms with Gasteiger partial charge in [-0.1, -0.05) is 24.0 Å². The van der Waals surface area contributed by atoms with Crippen molar-refractivity contribution >= 4 is 15.7 Å². The first kappa shape index (κ1) is 27.9. The minimum absolute atomic E-state index is 0.0818. The Bertz CT molecular complexity index is 1440. The minimum Gasteiger partial charge on any atom is -0.384 e. The summed E-state index contributed by atoms with van der Waals surface area (Å²) in [6.45, 7) is 1.21. The van der Waals surface area contributed by atoms with Crippen LogP contribution in [-0.2, 0) is 15.4 Å². The first-order valence-corrected chi connectivity index (χ1v) is 11.6. The number of nitrogen functional groups attached to an aromatic ring is 1. The van der Waals surface area contributed by atoms with Gasteiger partial charge >= 0.3 is 12.4 Å². The van der Waals surface area contributed by atoms with Gasteiger partial charge in [0, 0.05) is 23.5 Å². The maximum absolute atomic E-state index is 13.3. The van der Waals surface area contributed by atoms with Crippen molar-refractivity contribution in [1.29, 1.82) is 0 Å². The maximum atomic E-state index is 13.3. The Morgan fingerprint density at radius 3 is 1.97 bits per heavy atom. The molecule has 1 aromatic carbocycles. The Morgan fingerprint density at radius 2 is 1.49 bits per heavy atom. The quantitative estimate of drug-likeness (QED) is 0.338. The Balaban J connectivity index is 2.14. The van der Waals surface area contributed by atoms with Crippen molar-refractivity contribution in [1.82, 2.24) is 9.97 Å². The van der Waals surface area contributed by atoms with Crippen molar-refractivity contribution in [3.8, 4) is 23.1 Å². The summed E-state index contributed by atoms with van der Waals surface area (Å²) in [4.78, 5) is 7.02. The van der Waals surface area contributed by atoms with Crippen LogP contribution >= 0.6 is 0 Å². The molecule has 3 rings (SSSR count). The van der Waals surface area contributed by atoms with Crippen LogP contribution in [-0.4, -0.2) is 47.1 Å². The SMILES string of the molecule is C[C@H](O)C#Cc1cc(C(O)(C(F)(F)F)C(F)(F)F)cnc1-c1ccc(S(=O)(=O)c2ccc(N)nc2)cc1. The summed E-state index contributed by atoms with van der Waals surface area (Å²) in [6, 6.07) is 7.60. The molecule has 0 spiro atoms. The van der Waals surface area contributed by atoms with Crippen LogP contribution in [0, 0.1) is 11.8 Å². The third kappa shape index (κ3) is 5.38. The van der Waals surface area contributed by atoms with E-state index in [9.17, 15) is 45.0 Å². The molecule has 0 aliphatic rings. The Hall–Kier alpha value is -3.67. The van der Waals surface area contributed by atoms with Gasteiger partial charge in [0.25, 0.3) is 5.60 Å². The smallest absolute Gasteiger partial charge is 0.384 e. The fraction of sp³-hybridized carbons (Fsp3) is 0.217. The molecule has 0 unspecified atom stereocenters. The second-order valence-electron chi connectivity index (χ2n) is 7.72. The largest absolute Gasteiger partial charge is 0.430 e. The van der Waals surface area contributed by atoms with Crippen LogP contribution in [0.5, 0.6) is 0 Å². The molecule has 196 valence electrons. The molecule has 0 saturated carbocycles. The number of halogens is 6. The number of sulfone groups is 1. The number of nitrogens with zero attached hydrogens (tertiary/aromatic N) is 2. The third-order valence-electron chi connectivity index (χ3n) is 5.05. The summed E-state index contributed by atoms with van der Waals surface area (Å²) >= 11 is 0. The minimum atomic E-state index is -6.14. The number of rotatable bonds is 4. The van der Waals surface area contributed by atoms with Crippen LogP contribution in [0.3, 0.4) is 0 Å². The lowest BCUT2D eigenvalue weighted by Gasteiger charge is -2.32. The Morgan fingerprint density at radius 1 is 0.919 bits per heavy atom. The predicted octanol–water partition coefficient (Wildman–Crippen LogP) is 3.60. The van der Waals surface area contributed by atoms with Crippen molar-refractivity contribution in [3.63, 3.8) is 0 Å². The molecule has 0 bridgehead atoms. The molecular weight excluding hydrogens is 528 g/mol. The van der Waals surface area contributed by atoms with Crippen molar-refractivity contribution in [2.24, 2.45) is 0 Å². The number of aliphatic hydroxyl groups excluding tert-OH is 1. The van der Waals surface area contributed by atoms with Crippen LogP contribution in [0.1, 0.15) is 18.1 Å². The average Bonchev–Trinajstić information content (AvgIpc) is 2.81. The van der Waals surface area contributed by atoms with Crippen molar-refractivity contribution in [3.05, 3.63) is 66.0 Å². The highest BCUT2D eigenvalue weighted by molar-refractivity contribution is 7.91. The van der Waals surface area contributed by atoms with Crippen LogP contribution < -0.4 is 5.73 Å². The highest BCUT2D eigenvalue weighted by Crippen LogP contribution is 2.50. The topological polar surface area (TPSA) is 126 Å². The molecule has 0 fully saturated rings. The van der Waals surface area contributed by atoms with Crippen molar-refractivity contribution < 1.29 is 45.0 Å². The Kier molecular flexibility index (Phi) is 7.28. The van der Waals surface area contributed by atoms with Crippen molar-refractivity contribution in [2.45, 2.75) is 40.8 Å². The zero-order valence-electron chi connectivity index (χ0n) is 18.6. The number of hydrogen-bond donors (Lipinski definition) is 3. The van der Waals surface area contributed by atoms with Gasteiger partial charge < -0.3 is 15.9 Å². The van der Waals surface area contributed by atoms with Gasteiger partial charge in [-0.25, -0.2) is 13.4 Å². The fourth-order valence-corrected chi connectivity index (χ4v) is 4.34. The zero-order chi connectivity index (χ0) is 27.8. The lowest BCUT2D eigenvalue weighted by molar-refractivity contribution is -0.376. The molecular formula is C23H17F6N3O4S. The summed E-state index contributed by atoms with van der Waals surface area (Å²) in [6.07, 6.45) is -12.3. The van der Waals surface area contributed by atoms with E-state index in [2.05, 4.69) is 21.8 Å². The highest BCUT2D eigenvalue weighted by Gasteiger charge is 2.71. The molecule has 1 atom stereocenters. The van der Waals surface area contributed by atoms with E-state index in [0.717, 1.165) is 18.3 Å². The molecule has 0 amide bonds. The summed E-state index contributed by atoms with van der Waals surface area (Å²) in [5, 5.41) is 19.1.